The van der Waals surface area contributed by atoms with Crippen molar-refractivity contribution >= 4 is 27.0 Å². The van der Waals surface area contributed by atoms with Crippen molar-refractivity contribution in [2.24, 2.45) is 0 Å². The van der Waals surface area contributed by atoms with Gasteiger partial charge in [0.2, 0.25) is 0 Å². The smallest absolute Gasteiger partial charge is 0.339 e. The number of alkyl halides is 2. The molecule has 0 saturated carbocycles. The normalized spacial score (nSPS) is 13.2. The summed E-state index contributed by atoms with van der Waals surface area (Å²) in [7, 11) is -2.23. The number of carbonyl (C=O) groups excluding carboxylic acids is 1. The Hall–Kier alpha value is -2.54. The van der Waals surface area contributed by atoms with Crippen molar-refractivity contribution in [3.05, 3.63) is 65.7 Å². The molecule has 4 nitrogen and oxygen atoms in total. The number of carbonyl (C=O) groups is 1. The van der Waals surface area contributed by atoms with Crippen molar-refractivity contribution in [1.29, 1.82) is 0 Å². The fourth-order valence-corrected chi connectivity index (χ4v) is 3.06. The van der Waals surface area contributed by atoms with Gasteiger partial charge in [0.15, 0.2) is 9.84 Å². The summed E-state index contributed by atoms with van der Waals surface area (Å²) in [6.45, 7) is 0.196. The number of esters is 1. The van der Waals surface area contributed by atoms with Crippen LogP contribution in [-0.2, 0) is 19.4 Å². The van der Waals surface area contributed by atoms with E-state index >= 15 is 0 Å². The van der Waals surface area contributed by atoms with Crippen LogP contribution in [0.4, 0.5) is 8.78 Å². The fraction of sp³-hybridized carbons (Fsp3) is 0.211. The Morgan fingerprint density at radius 1 is 0.846 bits per heavy atom. The second-order valence-corrected chi connectivity index (χ2v) is 7.11. The molecular weight excluding hydrogens is 362 g/mol. The molecule has 1 aliphatic rings. The van der Waals surface area contributed by atoms with Gasteiger partial charge in [0.05, 0.1) is 24.8 Å². The average molecular weight is 382 g/mol. The summed E-state index contributed by atoms with van der Waals surface area (Å²) in [5.41, 5.74) is 2.90. The first-order valence-electron chi connectivity index (χ1n) is 7.48. The summed E-state index contributed by atoms with van der Waals surface area (Å²) < 4.78 is 47.2. The van der Waals surface area contributed by atoms with Gasteiger partial charge >= 0.3 is 5.97 Å². The highest BCUT2D eigenvalue weighted by molar-refractivity contribution is 7.90. The first kappa shape index (κ1) is 21.5. The van der Waals surface area contributed by atoms with Crippen LogP contribution in [-0.4, -0.2) is 41.6 Å². The molecule has 0 spiro atoms. The number of sulfone groups is 1. The molecule has 0 bridgehead atoms. The van der Waals surface area contributed by atoms with Crippen molar-refractivity contribution in [1.82, 2.24) is 0 Å². The van der Waals surface area contributed by atoms with Gasteiger partial charge in [0.1, 0.15) is 6.61 Å². The maximum Gasteiger partial charge on any atom is 0.339 e. The predicted octanol–water partition coefficient (Wildman–Crippen LogP) is 3.73. The number of benzene rings is 2. The zero-order chi connectivity index (χ0) is 19.7. The molecular formula is C19H20F2O4S. The standard InChI is InChI=1S/C17H14O4S.2CH3F/c1-22(19,20)14-9-7-12(8-10-14)15-11-21-17(18)16(15)13-5-3-2-4-6-13;2*1-2/h2-10H,11H2,1H3;2*1H3. The summed E-state index contributed by atoms with van der Waals surface area (Å²) in [4.78, 5) is 12.3. The van der Waals surface area contributed by atoms with Crippen LogP contribution < -0.4 is 0 Å². The van der Waals surface area contributed by atoms with Crippen LogP contribution in [0.15, 0.2) is 59.5 Å². The van der Waals surface area contributed by atoms with Crippen molar-refractivity contribution in [2.45, 2.75) is 4.90 Å². The molecule has 3 rings (SSSR count). The van der Waals surface area contributed by atoms with Crippen molar-refractivity contribution in [3.63, 3.8) is 0 Å². The minimum absolute atomic E-state index is 0.196. The van der Waals surface area contributed by atoms with Gasteiger partial charge in [0.25, 0.3) is 0 Å². The minimum Gasteiger partial charge on any atom is -0.457 e. The highest BCUT2D eigenvalue weighted by Crippen LogP contribution is 2.33. The minimum atomic E-state index is -3.23. The first-order chi connectivity index (χ1) is 12.5. The molecule has 2 aromatic rings. The molecule has 0 unspecified atom stereocenters. The average Bonchev–Trinajstić information content (AvgIpc) is 3.06. The van der Waals surface area contributed by atoms with Gasteiger partial charge in [-0.2, -0.15) is 0 Å². The van der Waals surface area contributed by atoms with E-state index in [9.17, 15) is 22.0 Å². The summed E-state index contributed by atoms with van der Waals surface area (Å²) in [5.74, 6) is -0.353. The predicted molar refractivity (Wildman–Crippen MR) is 97.8 cm³/mol. The highest BCUT2D eigenvalue weighted by Gasteiger charge is 2.27. The Kier molecular flexibility index (Phi) is 8.12. The van der Waals surface area contributed by atoms with Crippen molar-refractivity contribution < 1.29 is 26.7 Å². The molecule has 0 amide bonds. The largest absolute Gasteiger partial charge is 0.457 e. The monoisotopic (exact) mass is 382 g/mol. The molecule has 7 heteroatoms. The van der Waals surface area contributed by atoms with Crippen LogP contribution in [0, 0.1) is 0 Å². The third kappa shape index (κ3) is 4.98. The highest BCUT2D eigenvalue weighted by atomic mass is 32.2. The number of rotatable bonds is 3. The number of halogens is 2. The number of hydrogen-bond donors (Lipinski definition) is 0. The van der Waals surface area contributed by atoms with E-state index in [4.69, 9.17) is 4.74 Å². The molecule has 1 heterocycles. The zero-order valence-electron chi connectivity index (χ0n) is 14.7. The van der Waals surface area contributed by atoms with Crippen LogP contribution in [0.25, 0.3) is 11.1 Å². The van der Waals surface area contributed by atoms with Gasteiger partial charge in [-0.1, -0.05) is 42.5 Å². The van der Waals surface area contributed by atoms with Gasteiger partial charge in [0, 0.05) is 11.8 Å². The number of ether oxygens (including phenoxy) is 1. The van der Waals surface area contributed by atoms with Crippen molar-refractivity contribution in [3.8, 4) is 0 Å². The molecule has 2 aromatic carbocycles. The fourth-order valence-electron chi connectivity index (χ4n) is 2.43. The van der Waals surface area contributed by atoms with Gasteiger partial charge < -0.3 is 4.74 Å². The molecule has 26 heavy (non-hydrogen) atoms. The van der Waals surface area contributed by atoms with Crippen LogP contribution in [0.5, 0.6) is 0 Å². The lowest BCUT2D eigenvalue weighted by Crippen LogP contribution is -1.98. The summed E-state index contributed by atoms with van der Waals surface area (Å²) in [6.07, 6.45) is 1.17. The van der Waals surface area contributed by atoms with Gasteiger partial charge in [-0.25, -0.2) is 13.2 Å². The second kappa shape index (κ2) is 9.82. The van der Waals surface area contributed by atoms with Crippen LogP contribution in [0.3, 0.4) is 0 Å². The summed E-state index contributed by atoms with van der Waals surface area (Å²) >= 11 is 0. The molecule has 0 atom stereocenters. The lowest BCUT2D eigenvalue weighted by atomic mass is 9.97. The number of cyclic esters (lactones) is 1. The Bertz CT molecular complexity index is 858. The maximum atomic E-state index is 12.0. The van der Waals surface area contributed by atoms with E-state index in [0.29, 0.717) is 19.9 Å². The van der Waals surface area contributed by atoms with Gasteiger partial charge in [-0.3, -0.25) is 8.78 Å². The maximum absolute atomic E-state index is 12.0. The molecule has 140 valence electrons. The van der Waals surface area contributed by atoms with Crippen molar-refractivity contribution in [2.75, 3.05) is 27.2 Å². The lowest BCUT2D eigenvalue weighted by molar-refractivity contribution is -0.133. The zero-order valence-corrected chi connectivity index (χ0v) is 15.5. The molecule has 0 aromatic heterocycles. The molecule has 0 radical (unpaired) electrons. The Morgan fingerprint density at radius 3 is 1.88 bits per heavy atom. The van der Waals surface area contributed by atoms with E-state index in [0.717, 1.165) is 16.7 Å². The van der Waals surface area contributed by atoms with E-state index in [1.807, 2.05) is 30.3 Å². The molecule has 0 fully saturated rings. The van der Waals surface area contributed by atoms with Crippen LogP contribution >= 0.6 is 0 Å². The summed E-state index contributed by atoms with van der Waals surface area (Å²) in [6, 6.07) is 15.8. The third-order valence-corrected chi connectivity index (χ3v) is 4.68. The Balaban J connectivity index is 0.000000791. The SMILES string of the molecule is CF.CF.CS(=O)(=O)c1ccc(C2=C(c3ccccc3)C(=O)OC2)cc1. The third-order valence-electron chi connectivity index (χ3n) is 3.55. The lowest BCUT2D eigenvalue weighted by Gasteiger charge is -2.05. The van der Waals surface area contributed by atoms with E-state index < -0.39 is 9.84 Å². The molecule has 0 aliphatic carbocycles. The molecule has 0 N–H and O–H groups in total. The molecule has 1 aliphatic heterocycles. The van der Waals surface area contributed by atoms with E-state index in [-0.39, 0.29) is 17.5 Å². The van der Waals surface area contributed by atoms with Gasteiger partial charge in [-0.05, 0) is 23.3 Å². The first-order valence-corrected chi connectivity index (χ1v) is 9.38. The Labute approximate surface area is 152 Å². The van der Waals surface area contributed by atoms with E-state index in [1.165, 1.54) is 6.26 Å². The second-order valence-electron chi connectivity index (χ2n) is 5.09. The Morgan fingerprint density at radius 2 is 1.38 bits per heavy atom. The quantitative estimate of drug-likeness (QED) is 0.759. The van der Waals surface area contributed by atoms with E-state index in [2.05, 4.69) is 0 Å². The van der Waals surface area contributed by atoms with E-state index in [1.54, 1.807) is 24.3 Å². The van der Waals surface area contributed by atoms with Crippen LogP contribution in [0.2, 0.25) is 0 Å². The topological polar surface area (TPSA) is 60.4 Å². The number of hydrogen-bond acceptors (Lipinski definition) is 4. The van der Waals surface area contributed by atoms with Crippen LogP contribution in [0.1, 0.15) is 11.1 Å². The van der Waals surface area contributed by atoms with Gasteiger partial charge in [-0.15, -0.1) is 0 Å². The summed E-state index contributed by atoms with van der Waals surface area (Å²) in [5, 5.41) is 0. The molecule has 0 saturated heterocycles.